The standard InChI is InChI=1S/C12H18N4O2/c1-4-9(12(18)13-3)16-10-7-8(2)14-15(10)6-5-11(16)17/h7,9H,4-6H2,1-3H3,(H,13,18). The minimum Gasteiger partial charge on any atom is -0.357 e. The fourth-order valence-corrected chi connectivity index (χ4v) is 2.33. The monoisotopic (exact) mass is 250 g/mol. The van der Waals surface area contributed by atoms with E-state index in [1.54, 1.807) is 16.6 Å². The van der Waals surface area contributed by atoms with Crippen LogP contribution in [0.5, 0.6) is 0 Å². The van der Waals surface area contributed by atoms with Crippen LogP contribution in [0, 0.1) is 6.92 Å². The summed E-state index contributed by atoms with van der Waals surface area (Å²) in [5.41, 5.74) is 0.858. The van der Waals surface area contributed by atoms with Crippen molar-refractivity contribution in [2.24, 2.45) is 0 Å². The molecule has 0 fully saturated rings. The van der Waals surface area contributed by atoms with Crippen LogP contribution in [0.1, 0.15) is 25.5 Å². The van der Waals surface area contributed by atoms with E-state index < -0.39 is 6.04 Å². The van der Waals surface area contributed by atoms with E-state index in [0.29, 0.717) is 19.4 Å². The van der Waals surface area contributed by atoms with Crippen LogP contribution in [0.2, 0.25) is 0 Å². The van der Waals surface area contributed by atoms with Gasteiger partial charge < -0.3 is 5.32 Å². The summed E-state index contributed by atoms with van der Waals surface area (Å²) in [7, 11) is 1.59. The van der Waals surface area contributed by atoms with Gasteiger partial charge in [-0.25, -0.2) is 4.68 Å². The molecule has 0 radical (unpaired) electrons. The molecule has 18 heavy (non-hydrogen) atoms. The second-order valence-corrected chi connectivity index (χ2v) is 4.42. The highest BCUT2D eigenvalue weighted by Gasteiger charge is 2.34. The Labute approximate surface area is 106 Å². The molecule has 1 N–H and O–H groups in total. The van der Waals surface area contributed by atoms with Crippen LogP contribution in [0.15, 0.2) is 6.07 Å². The topological polar surface area (TPSA) is 67.2 Å². The lowest BCUT2D eigenvalue weighted by Gasteiger charge is -2.33. The first-order valence-electron chi connectivity index (χ1n) is 6.16. The average Bonchev–Trinajstić information content (AvgIpc) is 2.73. The zero-order valence-corrected chi connectivity index (χ0v) is 10.9. The molecule has 0 saturated carbocycles. The number of likely N-dealkylation sites (N-methyl/N-ethyl adjacent to an activating group) is 1. The van der Waals surface area contributed by atoms with Crippen molar-refractivity contribution in [3.05, 3.63) is 11.8 Å². The number of nitrogens with one attached hydrogen (secondary N) is 1. The van der Waals surface area contributed by atoms with Gasteiger partial charge in [-0.05, 0) is 13.3 Å². The molecule has 0 bridgehead atoms. The molecule has 2 rings (SSSR count). The predicted octanol–water partition coefficient (Wildman–Crippen LogP) is 0.453. The van der Waals surface area contributed by atoms with Crippen molar-refractivity contribution in [2.45, 2.75) is 39.3 Å². The van der Waals surface area contributed by atoms with Gasteiger partial charge in [-0.15, -0.1) is 0 Å². The highest BCUT2D eigenvalue weighted by Crippen LogP contribution is 2.25. The number of nitrogens with zero attached hydrogens (tertiary/aromatic N) is 3. The Hall–Kier alpha value is -1.85. The molecular weight excluding hydrogens is 232 g/mol. The number of anilines is 1. The number of rotatable bonds is 3. The Morgan fingerprint density at radius 1 is 1.61 bits per heavy atom. The molecule has 6 heteroatoms. The van der Waals surface area contributed by atoms with Gasteiger partial charge in [0.1, 0.15) is 11.9 Å². The van der Waals surface area contributed by atoms with Crippen molar-refractivity contribution < 1.29 is 9.59 Å². The van der Waals surface area contributed by atoms with Crippen molar-refractivity contribution in [3.8, 4) is 0 Å². The first-order valence-corrected chi connectivity index (χ1v) is 6.16. The zero-order chi connectivity index (χ0) is 13.3. The minimum absolute atomic E-state index is 0.0159. The number of hydrogen-bond donors (Lipinski definition) is 1. The number of fused-ring (bicyclic) bond motifs is 1. The predicted molar refractivity (Wildman–Crippen MR) is 67.2 cm³/mol. The molecule has 1 unspecified atom stereocenters. The number of aryl methyl sites for hydroxylation is 2. The Morgan fingerprint density at radius 3 is 2.94 bits per heavy atom. The van der Waals surface area contributed by atoms with Gasteiger partial charge in [0.05, 0.1) is 12.2 Å². The molecule has 0 aliphatic carbocycles. The van der Waals surface area contributed by atoms with Crippen LogP contribution < -0.4 is 10.2 Å². The fraction of sp³-hybridized carbons (Fsp3) is 0.583. The highest BCUT2D eigenvalue weighted by molar-refractivity contribution is 6.00. The van der Waals surface area contributed by atoms with Crippen LogP contribution in [0.25, 0.3) is 0 Å². The normalized spacial score (nSPS) is 16.4. The van der Waals surface area contributed by atoms with Crippen LogP contribution in [-0.2, 0) is 16.1 Å². The molecule has 1 atom stereocenters. The highest BCUT2D eigenvalue weighted by atomic mass is 16.2. The van der Waals surface area contributed by atoms with E-state index in [9.17, 15) is 9.59 Å². The molecule has 1 aromatic rings. The fourth-order valence-electron chi connectivity index (χ4n) is 2.33. The van der Waals surface area contributed by atoms with Crippen molar-refractivity contribution in [1.82, 2.24) is 15.1 Å². The Morgan fingerprint density at radius 2 is 2.33 bits per heavy atom. The van der Waals surface area contributed by atoms with E-state index in [1.807, 2.05) is 19.9 Å². The molecular formula is C12H18N4O2. The Bertz CT molecular complexity index is 480. The number of hydrogen-bond acceptors (Lipinski definition) is 3. The van der Waals surface area contributed by atoms with Crippen LogP contribution in [0.4, 0.5) is 5.82 Å². The molecule has 1 aliphatic heterocycles. The summed E-state index contributed by atoms with van der Waals surface area (Å²) >= 11 is 0. The van der Waals surface area contributed by atoms with Gasteiger partial charge in [0.2, 0.25) is 11.8 Å². The van der Waals surface area contributed by atoms with Gasteiger partial charge in [-0.3, -0.25) is 14.5 Å². The van der Waals surface area contributed by atoms with Gasteiger partial charge in [0.15, 0.2) is 0 Å². The summed E-state index contributed by atoms with van der Waals surface area (Å²) < 4.78 is 1.79. The molecule has 2 heterocycles. The van der Waals surface area contributed by atoms with E-state index in [1.165, 1.54) is 0 Å². The summed E-state index contributed by atoms with van der Waals surface area (Å²) in [6.45, 7) is 4.37. The third-order valence-electron chi connectivity index (χ3n) is 3.18. The largest absolute Gasteiger partial charge is 0.357 e. The quantitative estimate of drug-likeness (QED) is 0.847. The lowest BCUT2D eigenvalue weighted by molar-refractivity contribution is -0.126. The van der Waals surface area contributed by atoms with Gasteiger partial charge >= 0.3 is 0 Å². The second kappa shape index (κ2) is 4.80. The molecule has 1 aromatic heterocycles. The Balaban J connectivity index is 2.41. The second-order valence-electron chi connectivity index (χ2n) is 4.42. The smallest absolute Gasteiger partial charge is 0.242 e. The average molecular weight is 250 g/mol. The molecule has 0 spiro atoms. The van der Waals surface area contributed by atoms with E-state index in [0.717, 1.165) is 11.5 Å². The number of amides is 2. The molecule has 1 aliphatic rings. The van der Waals surface area contributed by atoms with Crippen molar-refractivity contribution >= 4 is 17.6 Å². The minimum atomic E-state index is -0.461. The van der Waals surface area contributed by atoms with Gasteiger partial charge in [0.25, 0.3) is 0 Å². The number of aromatic nitrogens is 2. The summed E-state index contributed by atoms with van der Waals surface area (Å²) in [6, 6.07) is 1.39. The SMILES string of the molecule is CCC(C(=O)NC)N1C(=O)CCn2nc(C)cc21. The van der Waals surface area contributed by atoms with Crippen LogP contribution >= 0.6 is 0 Å². The number of carbonyl (C=O) groups is 2. The lowest BCUT2D eigenvalue weighted by atomic mass is 10.1. The molecule has 2 amide bonds. The summed E-state index contributed by atoms with van der Waals surface area (Å²) in [6.07, 6.45) is 0.969. The number of carbonyl (C=O) groups excluding carboxylic acids is 2. The zero-order valence-electron chi connectivity index (χ0n) is 10.9. The maximum atomic E-state index is 12.1. The summed E-state index contributed by atoms with van der Waals surface area (Å²) in [4.78, 5) is 25.5. The maximum Gasteiger partial charge on any atom is 0.242 e. The summed E-state index contributed by atoms with van der Waals surface area (Å²) in [5.74, 6) is 0.565. The van der Waals surface area contributed by atoms with Crippen molar-refractivity contribution in [3.63, 3.8) is 0 Å². The maximum absolute atomic E-state index is 12.1. The molecule has 0 saturated heterocycles. The van der Waals surface area contributed by atoms with Crippen molar-refractivity contribution in [2.75, 3.05) is 11.9 Å². The first-order chi connectivity index (χ1) is 8.58. The van der Waals surface area contributed by atoms with Gasteiger partial charge in [-0.2, -0.15) is 5.10 Å². The lowest BCUT2D eigenvalue weighted by Crippen LogP contribution is -2.51. The molecule has 6 nitrogen and oxygen atoms in total. The van der Waals surface area contributed by atoms with E-state index in [4.69, 9.17) is 0 Å². The van der Waals surface area contributed by atoms with Crippen LogP contribution in [-0.4, -0.2) is 34.7 Å². The van der Waals surface area contributed by atoms with Crippen LogP contribution in [0.3, 0.4) is 0 Å². The summed E-state index contributed by atoms with van der Waals surface area (Å²) in [5, 5.41) is 6.94. The van der Waals surface area contributed by atoms with Gasteiger partial charge in [-0.1, -0.05) is 6.92 Å². The van der Waals surface area contributed by atoms with Gasteiger partial charge in [0, 0.05) is 19.5 Å². The molecule has 0 aromatic carbocycles. The van der Waals surface area contributed by atoms with E-state index in [-0.39, 0.29) is 11.8 Å². The first kappa shape index (κ1) is 12.6. The third kappa shape index (κ3) is 1.98. The van der Waals surface area contributed by atoms with Crippen molar-refractivity contribution in [1.29, 1.82) is 0 Å². The molecule has 98 valence electrons. The van der Waals surface area contributed by atoms with E-state index in [2.05, 4.69) is 10.4 Å². The van der Waals surface area contributed by atoms with E-state index >= 15 is 0 Å². The third-order valence-corrected chi connectivity index (χ3v) is 3.18. The Kier molecular flexibility index (Phi) is 3.36.